The average molecular weight is 259 g/mol. The second-order valence-electron chi connectivity index (χ2n) is 3.72. The molecule has 1 aliphatic rings. The molecule has 4 nitrogen and oxygen atoms in total. The quantitative estimate of drug-likeness (QED) is 0.838. The van der Waals surface area contributed by atoms with E-state index in [4.69, 9.17) is 5.11 Å². The van der Waals surface area contributed by atoms with Crippen molar-refractivity contribution in [1.82, 2.24) is 9.55 Å². The van der Waals surface area contributed by atoms with Crippen molar-refractivity contribution in [2.45, 2.75) is 26.3 Å². The van der Waals surface area contributed by atoms with Crippen molar-refractivity contribution >= 4 is 21.9 Å². The second-order valence-corrected chi connectivity index (χ2v) is 4.47. The van der Waals surface area contributed by atoms with Crippen LogP contribution in [0, 0.1) is 5.92 Å². The van der Waals surface area contributed by atoms with Crippen LogP contribution in [0.4, 0.5) is 0 Å². The van der Waals surface area contributed by atoms with E-state index < -0.39 is 5.97 Å². The van der Waals surface area contributed by atoms with Crippen molar-refractivity contribution in [2.75, 3.05) is 0 Å². The van der Waals surface area contributed by atoms with Crippen molar-refractivity contribution in [1.29, 1.82) is 0 Å². The molecular weight excluding hydrogens is 248 g/mol. The molecule has 76 valence electrons. The number of carboxylic acid groups (broad SMARTS) is 1. The first kappa shape index (κ1) is 9.71. The summed E-state index contributed by atoms with van der Waals surface area (Å²) in [4.78, 5) is 14.9. The summed E-state index contributed by atoms with van der Waals surface area (Å²) in [5.41, 5.74) is 0.133. The van der Waals surface area contributed by atoms with E-state index in [-0.39, 0.29) is 5.69 Å². The molecule has 0 fully saturated rings. The maximum atomic E-state index is 10.8. The molecule has 0 bridgehead atoms. The fourth-order valence-corrected chi connectivity index (χ4v) is 2.40. The molecule has 2 heterocycles. The number of hydrogen-bond acceptors (Lipinski definition) is 2. The van der Waals surface area contributed by atoms with Crippen LogP contribution in [-0.4, -0.2) is 20.6 Å². The van der Waals surface area contributed by atoms with Crippen molar-refractivity contribution in [3.63, 3.8) is 0 Å². The van der Waals surface area contributed by atoms with Gasteiger partial charge < -0.3 is 9.67 Å². The van der Waals surface area contributed by atoms with Gasteiger partial charge in [0.25, 0.3) is 0 Å². The summed E-state index contributed by atoms with van der Waals surface area (Å²) in [5, 5.41) is 8.87. The Morgan fingerprint density at radius 1 is 1.71 bits per heavy atom. The lowest BCUT2D eigenvalue weighted by Gasteiger charge is -2.19. The Kier molecular flexibility index (Phi) is 2.34. The number of imidazole rings is 1. The van der Waals surface area contributed by atoms with E-state index in [2.05, 4.69) is 27.8 Å². The standard InChI is InChI=1S/C9H11BrN2O2/c1-5-2-3-12-6(4-5)11-7(8(12)10)9(13)14/h5H,2-4H2,1H3,(H,13,14). The van der Waals surface area contributed by atoms with Gasteiger partial charge in [0.15, 0.2) is 5.69 Å². The highest BCUT2D eigenvalue weighted by atomic mass is 79.9. The zero-order valence-electron chi connectivity index (χ0n) is 7.83. The zero-order valence-corrected chi connectivity index (χ0v) is 9.41. The van der Waals surface area contributed by atoms with Crippen molar-refractivity contribution < 1.29 is 9.90 Å². The summed E-state index contributed by atoms with van der Waals surface area (Å²) in [6.07, 6.45) is 1.95. The van der Waals surface area contributed by atoms with Crippen LogP contribution in [0.5, 0.6) is 0 Å². The van der Waals surface area contributed by atoms with Crippen LogP contribution in [0.25, 0.3) is 0 Å². The molecule has 0 aliphatic carbocycles. The first-order chi connectivity index (χ1) is 6.59. The highest BCUT2D eigenvalue weighted by molar-refractivity contribution is 9.10. The van der Waals surface area contributed by atoms with Gasteiger partial charge in [-0.3, -0.25) is 0 Å². The van der Waals surface area contributed by atoms with Crippen LogP contribution in [-0.2, 0) is 13.0 Å². The molecule has 1 atom stereocenters. The number of carboxylic acids is 1. The lowest BCUT2D eigenvalue weighted by atomic mass is 10.0. The molecule has 1 unspecified atom stereocenters. The number of aromatic nitrogens is 2. The number of rotatable bonds is 1. The van der Waals surface area contributed by atoms with E-state index in [1.165, 1.54) is 0 Å². The van der Waals surface area contributed by atoms with Crippen molar-refractivity contribution in [3.05, 3.63) is 16.1 Å². The largest absolute Gasteiger partial charge is 0.476 e. The predicted octanol–water partition coefficient (Wildman–Crippen LogP) is 1.93. The molecular formula is C9H11BrN2O2. The van der Waals surface area contributed by atoms with Crippen LogP contribution in [0.15, 0.2) is 4.60 Å². The van der Waals surface area contributed by atoms with Crippen LogP contribution in [0.3, 0.4) is 0 Å². The van der Waals surface area contributed by atoms with Gasteiger partial charge in [0.1, 0.15) is 10.4 Å². The SMILES string of the molecule is CC1CCn2c(nc(C(=O)O)c2Br)C1. The number of aromatic carboxylic acids is 1. The van der Waals surface area contributed by atoms with Gasteiger partial charge in [-0.1, -0.05) is 6.92 Å². The summed E-state index contributed by atoms with van der Waals surface area (Å²) in [6.45, 7) is 3.02. The molecule has 2 rings (SSSR count). The van der Waals surface area contributed by atoms with Crippen LogP contribution in [0.1, 0.15) is 29.7 Å². The second kappa shape index (κ2) is 3.38. The molecule has 1 aromatic rings. The number of halogens is 1. The van der Waals surface area contributed by atoms with E-state index in [1.807, 2.05) is 4.57 Å². The van der Waals surface area contributed by atoms with E-state index in [9.17, 15) is 4.79 Å². The van der Waals surface area contributed by atoms with Crippen LogP contribution < -0.4 is 0 Å². The highest BCUT2D eigenvalue weighted by Gasteiger charge is 2.24. The molecule has 0 saturated heterocycles. The third kappa shape index (κ3) is 1.45. The third-order valence-corrected chi connectivity index (χ3v) is 3.37. The Hall–Kier alpha value is -0.840. The fraction of sp³-hybridized carbons (Fsp3) is 0.556. The van der Waals surface area contributed by atoms with Crippen molar-refractivity contribution in [3.8, 4) is 0 Å². The first-order valence-corrected chi connectivity index (χ1v) is 5.37. The molecule has 1 aliphatic heterocycles. The normalized spacial score (nSPS) is 20.6. The Bertz CT molecular complexity index is 386. The highest BCUT2D eigenvalue weighted by Crippen LogP contribution is 2.26. The van der Waals surface area contributed by atoms with Gasteiger partial charge in [0.05, 0.1) is 0 Å². The summed E-state index contributed by atoms with van der Waals surface area (Å²) in [6, 6.07) is 0. The summed E-state index contributed by atoms with van der Waals surface area (Å²) in [7, 11) is 0. The molecule has 14 heavy (non-hydrogen) atoms. The van der Waals surface area contributed by atoms with Crippen LogP contribution >= 0.6 is 15.9 Å². The number of fused-ring (bicyclic) bond motifs is 1. The molecule has 1 aromatic heterocycles. The van der Waals surface area contributed by atoms with Gasteiger partial charge in [-0.15, -0.1) is 0 Å². The maximum Gasteiger partial charge on any atom is 0.357 e. The van der Waals surface area contributed by atoms with Gasteiger partial charge in [-0.25, -0.2) is 9.78 Å². The fourth-order valence-electron chi connectivity index (χ4n) is 1.76. The molecule has 1 N–H and O–H groups in total. The van der Waals surface area contributed by atoms with Gasteiger partial charge in [0, 0.05) is 13.0 Å². The lowest BCUT2D eigenvalue weighted by molar-refractivity contribution is 0.0689. The third-order valence-electron chi connectivity index (χ3n) is 2.56. The minimum atomic E-state index is -0.966. The average Bonchev–Trinajstić information content (AvgIpc) is 2.43. The van der Waals surface area contributed by atoms with Crippen molar-refractivity contribution in [2.24, 2.45) is 5.92 Å². The van der Waals surface area contributed by atoms with E-state index >= 15 is 0 Å². The Morgan fingerprint density at radius 2 is 2.43 bits per heavy atom. The van der Waals surface area contributed by atoms with E-state index in [1.54, 1.807) is 0 Å². The number of nitrogens with zero attached hydrogens (tertiary/aromatic N) is 2. The Balaban J connectivity index is 2.45. The maximum absolute atomic E-state index is 10.8. The van der Waals surface area contributed by atoms with Gasteiger partial charge in [-0.05, 0) is 28.3 Å². The molecule has 0 aromatic carbocycles. The first-order valence-electron chi connectivity index (χ1n) is 4.57. The minimum Gasteiger partial charge on any atom is -0.476 e. The molecule has 0 saturated carbocycles. The Morgan fingerprint density at radius 3 is 3.07 bits per heavy atom. The summed E-state index contributed by atoms with van der Waals surface area (Å²) < 4.78 is 2.55. The number of hydrogen-bond donors (Lipinski definition) is 1. The monoisotopic (exact) mass is 258 g/mol. The van der Waals surface area contributed by atoms with Gasteiger partial charge in [-0.2, -0.15) is 0 Å². The Labute approximate surface area is 90.1 Å². The smallest absolute Gasteiger partial charge is 0.357 e. The molecule has 5 heteroatoms. The topological polar surface area (TPSA) is 55.1 Å². The van der Waals surface area contributed by atoms with Gasteiger partial charge in [0.2, 0.25) is 0 Å². The predicted molar refractivity (Wildman–Crippen MR) is 54.4 cm³/mol. The minimum absolute atomic E-state index is 0.133. The summed E-state index contributed by atoms with van der Waals surface area (Å²) >= 11 is 3.28. The van der Waals surface area contributed by atoms with Crippen LogP contribution in [0.2, 0.25) is 0 Å². The lowest BCUT2D eigenvalue weighted by Crippen LogP contribution is -2.17. The van der Waals surface area contributed by atoms with E-state index in [0.29, 0.717) is 10.5 Å². The number of carbonyl (C=O) groups is 1. The van der Waals surface area contributed by atoms with E-state index in [0.717, 1.165) is 25.2 Å². The zero-order chi connectivity index (χ0) is 10.3. The van der Waals surface area contributed by atoms with Gasteiger partial charge >= 0.3 is 5.97 Å². The molecule has 0 radical (unpaired) electrons. The summed E-state index contributed by atoms with van der Waals surface area (Å²) in [5.74, 6) is 0.512. The molecule has 0 amide bonds. The molecule has 0 spiro atoms.